The second-order valence-electron chi connectivity index (χ2n) is 4.71. The summed E-state index contributed by atoms with van der Waals surface area (Å²) in [6.45, 7) is 5.81. The van der Waals surface area contributed by atoms with E-state index in [0.717, 1.165) is 25.9 Å². The predicted octanol–water partition coefficient (Wildman–Crippen LogP) is 2.55. The third-order valence-electron chi connectivity index (χ3n) is 3.50. The van der Waals surface area contributed by atoms with Crippen molar-refractivity contribution in [2.45, 2.75) is 45.6 Å². The van der Waals surface area contributed by atoms with Crippen LogP contribution in [-0.4, -0.2) is 24.0 Å². The van der Waals surface area contributed by atoms with Crippen molar-refractivity contribution in [3.8, 4) is 12.1 Å². The first-order valence-corrected chi connectivity index (χ1v) is 6.26. The van der Waals surface area contributed by atoms with Crippen LogP contribution >= 0.6 is 0 Å². The van der Waals surface area contributed by atoms with Crippen molar-refractivity contribution in [2.75, 3.05) is 13.1 Å². The summed E-state index contributed by atoms with van der Waals surface area (Å²) < 4.78 is 0. The second kappa shape index (κ2) is 6.51. The van der Waals surface area contributed by atoms with Crippen LogP contribution in [0.1, 0.15) is 39.5 Å². The highest BCUT2D eigenvalue weighted by Gasteiger charge is 2.29. The molecule has 16 heavy (non-hydrogen) atoms. The maximum absolute atomic E-state index is 9.16. The first-order valence-electron chi connectivity index (χ1n) is 6.26. The van der Waals surface area contributed by atoms with Crippen LogP contribution in [0.3, 0.4) is 0 Å². The Morgan fingerprint density at radius 3 is 2.56 bits per heavy atom. The van der Waals surface area contributed by atoms with Gasteiger partial charge in [-0.05, 0) is 26.3 Å². The number of hydrogen-bond donors (Lipinski definition) is 0. The molecule has 0 aromatic heterocycles. The summed E-state index contributed by atoms with van der Waals surface area (Å²) >= 11 is 0. The average Bonchev–Trinajstić information content (AvgIpc) is 2.35. The van der Waals surface area contributed by atoms with Crippen molar-refractivity contribution in [1.29, 1.82) is 10.5 Å². The standard InChI is InChI=1S/C13H21N3/c1-3-16(10-11(2)8-14)13-7-5-4-6-12(13)9-15/h11-13H,3-7,10H2,1-2H3. The van der Waals surface area contributed by atoms with E-state index in [-0.39, 0.29) is 11.8 Å². The molecule has 0 heterocycles. The third kappa shape index (κ3) is 3.22. The minimum absolute atomic E-state index is 0.0567. The highest BCUT2D eigenvalue weighted by molar-refractivity contribution is 4.96. The molecule has 3 nitrogen and oxygen atoms in total. The van der Waals surface area contributed by atoms with Crippen molar-refractivity contribution in [3.05, 3.63) is 0 Å². The summed E-state index contributed by atoms with van der Waals surface area (Å²) in [6.07, 6.45) is 4.54. The quantitative estimate of drug-likeness (QED) is 0.730. The fourth-order valence-corrected chi connectivity index (χ4v) is 2.59. The summed E-state index contributed by atoms with van der Waals surface area (Å²) in [7, 11) is 0. The number of nitriles is 2. The summed E-state index contributed by atoms with van der Waals surface area (Å²) in [5.41, 5.74) is 0. The molecule has 88 valence electrons. The highest BCUT2D eigenvalue weighted by Crippen LogP contribution is 2.28. The van der Waals surface area contributed by atoms with Gasteiger partial charge in [-0.15, -0.1) is 0 Å². The largest absolute Gasteiger partial charge is 0.298 e. The van der Waals surface area contributed by atoms with Gasteiger partial charge in [0, 0.05) is 12.6 Å². The van der Waals surface area contributed by atoms with Crippen LogP contribution in [0.15, 0.2) is 0 Å². The highest BCUT2D eigenvalue weighted by atomic mass is 15.2. The SMILES string of the molecule is CCN(CC(C)C#N)C1CCCCC1C#N. The summed E-state index contributed by atoms with van der Waals surface area (Å²) in [5.74, 6) is 0.223. The van der Waals surface area contributed by atoms with Crippen LogP contribution in [0.5, 0.6) is 0 Å². The fraction of sp³-hybridized carbons (Fsp3) is 0.846. The minimum Gasteiger partial charge on any atom is -0.298 e. The van der Waals surface area contributed by atoms with Gasteiger partial charge in [0.05, 0.1) is 24.0 Å². The average molecular weight is 219 g/mol. The second-order valence-corrected chi connectivity index (χ2v) is 4.71. The van der Waals surface area contributed by atoms with Crippen molar-refractivity contribution < 1.29 is 0 Å². The number of nitrogens with zero attached hydrogens (tertiary/aromatic N) is 3. The lowest BCUT2D eigenvalue weighted by Crippen LogP contribution is -2.43. The molecule has 0 radical (unpaired) electrons. The maximum Gasteiger partial charge on any atom is 0.0672 e. The lowest BCUT2D eigenvalue weighted by Gasteiger charge is -2.37. The van der Waals surface area contributed by atoms with Crippen LogP contribution in [-0.2, 0) is 0 Å². The van der Waals surface area contributed by atoms with Crippen LogP contribution in [0.4, 0.5) is 0 Å². The predicted molar refractivity (Wildman–Crippen MR) is 63.4 cm³/mol. The summed E-state index contributed by atoms with van der Waals surface area (Å²) in [5, 5.41) is 18.0. The first kappa shape index (κ1) is 13.0. The van der Waals surface area contributed by atoms with Gasteiger partial charge >= 0.3 is 0 Å². The van der Waals surface area contributed by atoms with Gasteiger partial charge in [-0.25, -0.2) is 0 Å². The molecule has 0 amide bonds. The topological polar surface area (TPSA) is 50.8 Å². The van der Waals surface area contributed by atoms with E-state index in [1.54, 1.807) is 0 Å². The van der Waals surface area contributed by atoms with Gasteiger partial charge in [0.15, 0.2) is 0 Å². The summed E-state index contributed by atoms with van der Waals surface area (Å²) in [4.78, 5) is 2.32. The van der Waals surface area contributed by atoms with Crippen LogP contribution in [0.2, 0.25) is 0 Å². The van der Waals surface area contributed by atoms with E-state index < -0.39 is 0 Å². The minimum atomic E-state index is 0.0567. The molecule has 1 saturated carbocycles. The van der Waals surface area contributed by atoms with Gasteiger partial charge in [0.2, 0.25) is 0 Å². The van der Waals surface area contributed by atoms with Crippen molar-refractivity contribution in [3.63, 3.8) is 0 Å². The molecule has 0 spiro atoms. The molecule has 1 aliphatic carbocycles. The normalized spacial score (nSPS) is 27.1. The lowest BCUT2D eigenvalue weighted by atomic mass is 9.84. The molecule has 0 aromatic carbocycles. The van der Waals surface area contributed by atoms with Gasteiger partial charge in [0.25, 0.3) is 0 Å². The van der Waals surface area contributed by atoms with Gasteiger partial charge in [0.1, 0.15) is 0 Å². The van der Waals surface area contributed by atoms with Gasteiger partial charge in [-0.1, -0.05) is 19.8 Å². The Morgan fingerprint density at radius 2 is 2.00 bits per heavy atom. The smallest absolute Gasteiger partial charge is 0.0672 e. The van der Waals surface area contributed by atoms with E-state index in [2.05, 4.69) is 24.0 Å². The Hall–Kier alpha value is -1.06. The monoisotopic (exact) mass is 219 g/mol. The Kier molecular flexibility index (Phi) is 5.29. The van der Waals surface area contributed by atoms with E-state index in [9.17, 15) is 0 Å². The zero-order valence-electron chi connectivity index (χ0n) is 10.3. The van der Waals surface area contributed by atoms with Crippen LogP contribution in [0, 0.1) is 34.5 Å². The van der Waals surface area contributed by atoms with E-state index >= 15 is 0 Å². The zero-order chi connectivity index (χ0) is 12.0. The Balaban J connectivity index is 2.63. The molecule has 0 N–H and O–H groups in total. The molecule has 0 aromatic rings. The van der Waals surface area contributed by atoms with Crippen LogP contribution in [0.25, 0.3) is 0 Å². The van der Waals surface area contributed by atoms with E-state index in [4.69, 9.17) is 10.5 Å². The zero-order valence-corrected chi connectivity index (χ0v) is 10.3. The molecule has 3 unspecified atom stereocenters. The fourth-order valence-electron chi connectivity index (χ4n) is 2.59. The molecule has 1 aliphatic rings. The van der Waals surface area contributed by atoms with Crippen molar-refractivity contribution in [2.24, 2.45) is 11.8 Å². The molecule has 1 fully saturated rings. The molecular formula is C13H21N3. The third-order valence-corrected chi connectivity index (χ3v) is 3.50. The summed E-state index contributed by atoms with van der Waals surface area (Å²) in [6, 6.07) is 5.09. The van der Waals surface area contributed by atoms with Crippen LogP contribution < -0.4 is 0 Å². The molecule has 0 bridgehead atoms. The molecular weight excluding hydrogens is 198 g/mol. The molecule has 3 atom stereocenters. The first-order chi connectivity index (χ1) is 7.72. The van der Waals surface area contributed by atoms with Gasteiger partial charge in [-0.3, -0.25) is 4.90 Å². The van der Waals surface area contributed by atoms with E-state index in [1.807, 2.05) is 6.92 Å². The number of rotatable bonds is 4. The Labute approximate surface area is 98.7 Å². The van der Waals surface area contributed by atoms with E-state index in [0.29, 0.717) is 6.04 Å². The van der Waals surface area contributed by atoms with Crippen molar-refractivity contribution >= 4 is 0 Å². The Bertz CT molecular complexity index is 287. The Morgan fingerprint density at radius 1 is 1.31 bits per heavy atom. The van der Waals surface area contributed by atoms with Gasteiger partial charge < -0.3 is 0 Å². The molecule has 1 rings (SSSR count). The molecule has 0 aliphatic heterocycles. The number of hydrogen-bond acceptors (Lipinski definition) is 3. The molecule has 3 heteroatoms. The lowest BCUT2D eigenvalue weighted by molar-refractivity contribution is 0.124. The van der Waals surface area contributed by atoms with E-state index in [1.165, 1.54) is 12.8 Å². The molecule has 0 saturated heterocycles. The van der Waals surface area contributed by atoms with Gasteiger partial charge in [-0.2, -0.15) is 10.5 Å². The maximum atomic E-state index is 9.16. The van der Waals surface area contributed by atoms with Crippen molar-refractivity contribution in [1.82, 2.24) is 4.90 Å².